The standard InChI is InChI=1S/C24H30Cl2IN3O4S/c1-5-22(24(32)28-13-16(2)3)29(14-19-20(25)7-6-8-21(19)26)23(31)15-30(35(4,33)34)18-11-9-17(27)10-12-18/h6-12,16,22H,5,13-15H2,1-4H3,(H,28,32)/t22-/m1/s1. The first-order chi connectivity index (χ1) is 16.3. The van der Waals surface area contributed by atoms with Crippen molar-refractivity contribution < 1.29 is 18.0 Å². The smallest absolute Gasteiger partial charge is 0.244 e. The number of anilines is 1. The van der Waals surface area contributed by atoms with Crippen molar-refractivity contribution in [3.63, 3.8) is 0 Å². The second-order valence-corrected chi connectivity index (χ2v) is 12.5. The molecule has 0 aliphatic carbocycles. The van der Waals surface area contributed by atoms with Gasteiger partial charge in [-0.05, 0) is 71.3 Å². The molecule has 2 rings (SSSR count). The van der Waals surface area contributed by atoms with Gasteiger partial charge in [-0.1, -0.05) is 50.0 Å². The van der Waals surface area contributed by atoms with Gasteiger partial charge in [-0.25, -0.2) is 8.42 Å². The predicted molar refractivity (Wildman–Crippen MR) is 150 cm³/mol. The van der Waals surface area contributed by atoms with Crippen LogP contribution in [0.15, 0.2) is 42.5 Å². The van der Waals surface area contributed by atoms with E-state index >= 15 is 0 Å². The third-order valence-electron chi connectivity index (χ3n) is 5.25. The first-order valence-corrected chi connectivity index (χ1v) is 14.8. The van der Waals surface area contributed by atoms with Gasteiger partial charge in [-0.2, -0.15) is 0 Å². The molecule has 1 N–H and O–H groups in total. The van der Waals surface area contributed by atoms with Crippen LogP contribution in [0.3, 0.4) is 0 Å². The van der Waals surface area contributed by atoms with E-state index in [1.165, 1.54) is 4.90 Å². The van der Waals surface area contributed by atoms with Crippen molar-refractivity contribution in [1.82, 2.24) is 10.2 Å². The average molecular weight is 654 g/mol. The number of hydrogen-bond acceptors (Lipinski definition) is 4. The molecule has 2 aromatic rings. The Morgan fingerprint density at radius 1 is 1.06 bits per heavy atom. The van der Waals surface area contributed by atoms with Gasteiger partial charge in [0, 0.05) is 32.3 Å². The lowest BCUT2D eigenvalue weighted by Gasteiger charge is -2.33. The van der Waals surface area contributed by atoms with E-state index in [1.807, 2.05) is 13.8 Å². The van der Waals surface area contributed by atoms with E-state index in [1.54, 1.807) is 49.4 Å². The molecule has 2 amide bonds. The van der Waals surface area contributed by atoms with Gasteiger partial charge in [0.15, 0.2) is 0 Å². The number of benzene rings is 2. The Bertz CT molecular complexity index is 1120. The second-order valence-electron chi connectivity index (χ2n) is 8.53. The van der Waals surface area contributed by atoms with Crippen LogP contribution in [-0.2, 0) is 26.2 Å². The second kappa shape index (κ2) is 13.1. The number of rotatable bonds is 11. The number of nitrogens with zero attached hydrogens (tertiary/aromatic N) is 2. The third-order valence-corrected chi connectivity index (χ3v) is 7.82. The molecule has 1 atom stereocenters. The van der Waals surface area contributed by atoms with E-state index in [9.17, 15) is 18.0 Å². The fourth-order valence-electron chi connectivity index (χ4n) is 3.42. The lowest BCUT2D eigenvalue weighted by molar-refractivity contribution is -0.140. The maximum absolute atomic E-state index is 13.7. The highest BCUT2D eigenvalue weighted by atomic mass is 127. The van der Waals surface area contributed by atoms with Gasteiger partial charge in [0.2, 0.25) is 21.8 Å². The molecule has 2 aromatic carbocycles. The lowest BCUT2D eigenvalue weighted by atomic mass is 10.1. The summed E-state index contributed by atoms with van der Waals surface area (Å²) in [6.07, 6.45) is 1.36. The molecule has 0 aliphatic heterocycles. The Morgan fingerprint density at radius 3 is 2.11 bits per heavy atom. The van der Waals surface area contributed by atoms with Gasteiger partial charge in [0.1, 0.15) is 12.6 Å². The monoisotopic (exact) mass is 653 g/mol. The molecule has 0 radical (unpaired) electrons. The Hall–Kier alpha value is -1.56. The summed E-state index contributed by atoms with van der Waals surface area (Å²) >= 11 is 14.9. The summed E-state index contributed by atoms with van der Waals surface area (Å²) < 4.78 is 27.2. The van der Waals surface area contributed by atoms with Crippen molar-refractivity contribution in [1.29, 1.82) is 0 Å². The molecule has 7 nitrogen and oxygen atoms in total. The highest BCUT2D eigenvalue weighted by Crippen LogP contribution is 2.28. The largest absolute Gasteiger partial charge is 0.354 e. The van der Waals surface area contributed by atoms with E-state index in [2.05, 4.69) is 27.9 Å². The minimum Gasteiger partial charge on any atom is -0.354 e. The zero-order chi connectivity index (χ0) is 26.3. The van der Waals surface area contributed by atoms with Crippen LogP contribution in [-0.4, -0.2) is 50.5 Å². The number of carbonyl (C=O) groups is 2. The molecule has 0 aliphatic rings. The Kier molecular flexibility index (Phi) is 11.1. The minimum absolute atomic E-state index is 0.0464. The Morgan fingerprint density at radius 2 is 1.63 bits per heavy atom. The first-order valence-electron chi connectivity index (χ1n) is 11.1. The molecule has 11 heteroatoms. The fraction of sp³-hybridized carbons (Fsp3) is 0.417. The number of sulfonamides is 1. The maximum atomic E-state index is 13.7. The van der Waals surface area contributed by atoms with E-state index in [-0.39, 0.29) is 18.4 Å². The molecule has 0 saturated carbocycles. The van der Waals surface area contributed by atoms with Crippen molar-refractivity contribution in [2.24, 2.45) is 5.92 Å². The first kappa shape index (κ1) is 29.7. The van der Waals surface area contributed by atoms with Crippen molar-refractivity contribution in [2.75, 3.05) is 23.7 Å². The maximum Gasteiger partial charge on any atom is 0.244 e. The number of carbonyl (C=O) groups excluding carboxylic acids is 2. The molecule has 0 fully saturated rings. The third kappa shape index (κ3) is 8.51. The van der Waals surface area contributed by atoms with Crippen LogP contribution in [0.2, 0.25) is 10.0 Å². The highest BCUT2D eigenvalue weighted by molar-refractivity contribution is 14.1. The summed E-state index contributed by atoms with van der Waals surface area (Å²) in [5, 5.41) is 3.58. The van der Waals surface area contributed by atoms with Gasteiger partial charge in [-0.15, -0.1) is 0 Å². The van der Waals surface area contributed by atoms with Crippen molar-refractivity contribution in [3.8, 4) is 0 Å². The van der Waals surface area contributed by atoms with Crippen LogP contribution in [0.1, 0.15) is 32.8 Å². The predicted octanol–water partition coefficient (Wildman–Crippen LogP) is 4.94. The van der Waals surface area contributed by atoms with Crippen LogP contribution in [0, 0.1) is 9.49 Å². The molecule has 0 spiro atoms. The van der Waals surface area contributed by atoms with Crippen molar-refractivity contribution in [3.05, 3.63) is 61.6 Å². The topological polar surface area (TPSA) is 86.8 Å². The van der Waals surface area contributed by atoms with E-state index in [4.69, 9.17) is 23.2 Å². The van der Waals surface area contributed by atoms with E-state index in [0.29, 0.717) is 34.3 Å². The van der Waals surface area contributed by atoms with E-state index < -0.39 is 28.5 Å². The summed E-state index contributed by atoms with van der Waals surface area (Å²) in [5.74, 6) is -0.644. The normalized spacial score (nSPS) is 12.3. The number of hydrogen-bond donors (Lipinski definition) is 1. The molecule has 0 unspecified atom stereocenters. The van der Waals surface area contributed by atoms with Gasteiger partial charge >= 0.3 is 0 Å². The molecule has 35 heavy (non-hydrogen) atoms. The molecular formula is C24H30Cl2IN3O4S. The molecular weight excluding hydrogens is 624 g/mol. The Balaban J connectivity index is 2.47. The summed E-state index contributed by atoms with van der Waals surface area (Å²) in [6.45, 7) is 5.66. The average Bonchev–Trinajstić information content (AvgIpc) is 2.77. The molecule has 0 aromatic heterocycles. The molecule has 192 valence electrons. The SMILES string of the molecule is CC[C@H](C(=O)NCC(C)C)N(Cc1c(Cl)cccc1Cl)C(=O)CN(c1ccc(I)cc1)S(C)(=O)=O. The molecule has 0 saturated heterocycles. The summed E-state index contributed by atoms with van der Waals surface area (Å²) in [7, 11) is -3.79. The molecule has 0 bridgehead atoms. The van der Waals surface area contributed by atoms with Crippen molar-refractivity contribution >= 4 is 73.3 Å². The lowest BCUT2D eigenvalue weighted by Crippen LogP contribution is -2.52. The van der Waals surface area contributed by atoms with Gasteiger partial charge in [-0.3, -0.25) is 13.9 Å². The summed E-state index contributed by atoms with van der Waals surface area (Å²) in [5.41, 5.74) is 0.841. The number of amides is 2. The van der Waals surface area contributed by atoms with Crippen LogP contribution in [0.25, 0.3) is 0 Å². The fourth-order valence-corrected chi connectivity index (χ4v) is 5.14. The summed E-state index contributed by atoms with van der Waals surface area (Å²) in [4.78, 5) is 28.1. The van der Waals surface area contributed by atoms with Crippen LogP contribution in [0.4, 0.5) is 5.69 Å². The van der Waals surface area contributed by atoms with Gasteiger partial charge in [0.05, 0.1) is 11.9 Å². The quantitative estimate of drug-likeness (QED) is 0.348. The van der Waals surface area contributed by atoms with E-state index in [0.717, 1.165) is 14.1 Å². The van der Waals surface area contributed by atoms with Crippen LogP contribution in [0.5, 0.6) is 0 Å². The van der Waals surface area contributed by atoms with Gasteiger partial charge in [0.25, 0.3) is 0 Å². The Labute approximate surface area is 231 Å². The van der Waals surface area contributed by atoms with Crippen molar-refractivity contribution in [2.45, 2.75) is 39.8 Å². The zero-order valence-electron chi connectivity index (χ0n) is 20.1. The highest BCUT2D eigenvalue weighted by Gasteiger charge is 2.32. The van der Waals surface area contributed by atoms with Crippen LogP contribution >= 0.6 is 45.8 Å². The zero-order valence-corrected chi connectivity index (χ0v) is 24.6. The number of halogens is 3. The molecule has 0 heterocycles. The van der Waals surface area contributed by atoms with Crippen LogP contribution < -0.4 is 9.62 Å². The minimum atomic E-state index is -3.79. The van der Waals surface area contributed by atoms with Gasteiger partial charge < -0.3 is 10.2 Å². The number of nitrogens with one attached hydrogen (secondary N) is 1. The summed E-state index contributed by atoms with van der Waals surface area (Å²) in [6, 6.07) is 10.9.